The quantitative estimate of drug-likeness (QED) is 0.298. The van der Waals surface area contributed by atoms with Crippen LogP contribution in [-0.2, 0) is 0 Å². The van der Waals surface area contributed by atoms with Crippen LogP contribution >= 0.6 is 38.5 Å². The van der Waals surface area contributed by atoms with Crippen LogP contribution in [0.5, 0.6) is 0 Å². The lowest BCUT2D eigenvalue weighted by molar-refractivity contribution is 0.666. The average Bonchev–Trinajstić information content (AvgIpc) is 2.90. The lowest BCUT2D eigenvalue weighted by atomic mass is 10.00. The molecule has 1 heterocycles. The van der Waals surface area contributed by atoms with E-state index in [0.717, 1.165) is 19.2 Å². The Hall–Kier alpha value is -1.33. The zero-order valence-corrected chi connectivity index (χ0v) is 14.7. The van der Waals surface area contributed by atoms with E-state index in [1.807, 2.05) is 12.1 Å². The normalized spacial score (nSPS) is 11.3. The minimum absolute atomic E-state index is 0.940. The molecule has 102 valence electrons. The van der Waals surface area contributed by atoms with Crippen molar-refractivity contribution in [1.82, 2.24) is 0 Å². The van der Waals surface area contributed by atoms with Gasteiger partial charge in [0.2, 0.25) is 0 Å². The van der Waals surface area contributed by atoms with E-state index < -0.39 is 0 Å². The van der Waals surface area contributed by atoms with Gasteiger partial charge >= 0.3 is 0 Å². The van der Waals surface area contributed by atoms with Crippen LogP contribution in [0.15, 0.2) is 69.6 Å². The first-order chi connectivity index (χ1) is 10.2. The third-order valence-corrected chi connectivity index (χ3v) is 5.01. The fourth-order valence-electron chi connectivity index (χ4n) is 2.67. The van der Waals surface area contributed by atoms with Crippen LogP contribution in [0.4, 0.5) is 0 Å². The SMILES string of the molecule is Brc1ccc(-c2ccc(I)c3oc4ccccc4c23)cc1. The highest BCUT2D eigenvalue weighted by atomic mass is 127. The summed E-state index contributed by atoms with van der Waals surface area (Å²) in [6, 6.07) is 20.9. The molecule has 0 aliphatic carbocycles. The van der Waals surface area contributed by atoms with Crippen molar-refractivity contribution in [3.05, 3.63) is 68.7 Å². The molecule has 0 unspecified atom stereocenters. The van der Waals surface area contributed by atoms with Crippen LogP contribution in [0.25, 0.3) is 33.1 Å². The first kappa shape index (κ1) is 13.3. The van der Waals surface area contributed by atoms with E-state index in [2.05, 4.69) is 87.1 Å². The highest BCUT2D eigenvalue weighted by molar-refractivity contribution is 14.1. The Morgan fingerprint density at radius 3 is 2.43 bits per heavy atom. The van der Waals surface area contributed by atoms with Gasteiger partial charge in [-0.3, -0.25) is 0 Å². The van der Waals surface area contributed by atoms with E-state index in [0.29, 0.717) is 0 Å². The van der Waals surface area contributed by atoms with E-state index in [9.17, 15) is 0 Å². The minimum Gasteiger partial charge on any atom is -0.455 e. The second-order valence-corrected chi connectivity index (χ2v) is 6.98. The van der Waals surface area contributed by atoms with Crippen LogP contribution in [0.3, 0.4) is 0 Å². The van der Waals surface area contributed by atoms with Gasteiger partial charge in [0.1, 0.15) is 11.2 Å². The molecule has 0 spiro atoms. The molecule has 4 rings (SSSR count). The summed E-state index contributed by atoms with van der Waals surface area (Å²) in [4.78, 5) is 0. The van der Waals surface area contributed by atoms with E-state index in [1.165, 1.54) is 21.9 Å². The number of benzene rings is 3. The van der Waals surface area contributed by atoms with Gasteiger partial charge in [0.25, 0.3) is 0 Å². The lowest BCUT2D eigenvalue weighted by Crippen LogP contribution is -1.81. The summed E-state index contributed by atoms with van der Waals surface area (Å²) in [5, 5.41) is 2.36. The Bertz CT molecular complexity index is 954. The molecule has 3 aromatic carbocycles. The number of hydrogen-bond donors (Lipinski definition) is 0. The molecule has 0 bridgehead atoms. The summed E-state index contributed by atoms with van der Waals surface area (Å²) >= 11 is 5.83. The minimum atomic E-state index is 0.940. The Labute approximate surface area is 144 Å². The highest BCUT2D eigenvalue weighted by Crippen LogP contribution is 2.38. The second kappa shape index (κ2) is 5.14. The van der Waals surface area contributed by atoms with Crippen molar-refractivity contribution in [2.45, 2.75) is 0 Å². The van der Waals surface area contributed by atoms with Gasteiger partial charge in [0, 0.05) is 15.2 Å². The summed E-state index contributed by atoms with van der Waals surface area (Å²) < 4.78 is 8.28. The topological polar surface area (TPSA) is 13.1 Å². The van der Waals surface area contributed by atoms with Crippen molar-refractivity contribution in [2.75, 3.05) is 0 Å². The van der Waals surface area contributed by atoms with Gasteiger partial charge in [0.15, 0.2) is 0 Å². The molecule has 0 radical (unpaired) electrons. The number of para-hydroxylation sites is 1. The van der Waals surface area contributed by atoms with Gasteiger partial charge in [-0.05, 0) is 58.0 Å². The van der Waals surface area contributed by atoms with Crippen molar-refractivity contribution in [1.29, 1.82) is 0 Å². The van der Waals surface area contributed by atoms with Crippen LogP contribution in [0.2, 0.25) is 0 Å². The maximum absolute atomic E-state index is 6.05. The lowest BCUT2D eigenvalue weighted by Gasteiger charge is -2.05. The number of rotatable bonds is 1. The number of halogens is 2. The highest BCUT2D eigenvalue weighted by Gasteiger charge is 2.14. The summed E-state index contributed by atoms with van der Waals surface area (Å²) in [5.74, 6) is 0. The monoisotopic (exact) mass is 448 g/mol. The Morgan fingerprint density at radius 2 is 1.62 bits per heavy atom. The molecule has 0 aliphatic heterocycles. The van der Waals surface area contributed by atoms with Crippen molar-refractivity contribution in [3.63, 3.8) is 0 Å². The molecule has 0 fully saturated rings. The molecule has 0 N–H and O–H groups in total. The summed E-state index contributed by atoms with van der Waals surface area (Å²) in [5.41, 5.74) is 4.32. The second-order valence-electron chi connectivity index (χ2n) is 4.90. The Morgan fingerprint density at radius 1 is 0.857 bits per heavy atom. The summed E-state index contributed by atoms with van der Waals surface area (Å²) in [6.07, 6.45) is 0. The molecule has 3 heteroatoms. The molecule has 1 nitrogen and oxygen atoms in total. The largest absolute Gasteiger partial charge is 0.455 e. The zero-order valence-electron chi connectivity index (χ0n) is 10.9. The van der Waals surface area contributed by atoms with Crippen molar-refractivity contribution < 1.29 is 4.42 Å². The number of fused-ring (bicyclic) bond motifs is 3. The standard InChI is InChI=1S/C18H10BrIO/c19-12-7-5-11(6-8-12)13-9-10-15(20)18-17(13)14-3-1-2-4-16(14)21-18/h1-10H. The molecule has 21 heavy (non-hydrogen) atoms. The molecular formula is C18H10BrIO. The third-order valence-electron chi connectivity index (χ3n) is 3.63. The average molecular weight is 449 g/mol. The molecule has 0 saturated carbocycles. The van der Waals surface area contributed by atoms with E-state index in [-0.39, 0.29) is 0 Å². The third kappa shape index (κ3) is 2.19. The number of hydrogen-bond acceptors (Lipinski definition) is 1. The van der Waals surface area contributed by atoms with E-state index in [1.54, 1.807) is 0 Å². The van der Waals surface area contributed by atoms with Crippen LogP contribution in [0.1, 0.15) is 0 Å². The first-order valence-corrected chi connectivity index (χ1v) is 8.47. The van der Waals surface area contributed by atoms with Gasteiger partial charge in [-0.25, -0.2) is 0 Å². The maximum atomic E-state index is 6.05. The molecule has 0 atom stereocenters. The molecular weight excluding hydrogens is 439 g/mol. The molecule has 4 aromatic rings. The predicted molar refractivity (Wildman–Crippen MR) is 99.6 cm³/mol. The molecule has 1 aromatic heterocycles. The molecule has 0 aliphatic rings. The smallest absolute Gasteiger partial charge is 0.149 e. The van der Waals surface area contributed by atoms with Gasteiger partial charge in [-0.2, -0.15) is 0 Å². The first-order valence-electron chi connectivity index (χ1n) is 6.60. The van der Waals surface area contributed by atoms with Crippen LogP contribution in [0, 0.1) is 3.57 Å². The van der Waals surface area contributed by atoms with Gasteiger partial charge in [-0.15, -0.1) is 0 Å². The van der Waals surface area contributed by atoms with Gasteiger partial charge in [0.05, 0.1) is 3.57 Å². The van der Waals surface area contributed by atoms with Crippen molar-refractivity contribution >= 4 is 60.5 Å². The summed E-state index contributed by atoms with van der Waals surface area (Å²) in [7, 11) is 0. The van der Waals surface area contributed by atoms with Crippen LogP contribution < -0.4 is 0 Å². The maximum Gasteiger partial charge on any atom is 0.149 e. The van der Waals surface area contributed by atoms with Gasteiger partial charge < -0.3 is 4.42 Å². The van der Waals surface area contributed by atoms with Gasteiger partial charge in [-0.1, -0.05) is 52.3 Å². The summed E-state index contributed by atoms with van der Waals surface area (Å²) in [6.45, 7) is 0. The molecule has 0 amide bonds. The fraction of sp³-hybridized carbons (Fsp3) is 0. The van der Waals surface area contributed by atoms with Crippen molar-refractivity contribution in [2.24, 2.45) is 0 Å². The predicted octanol–water partition coefficient (Wildman–Crippen LogP) is 6.62. The fourth-order valence-corrected chi connectivity index (χ4v) is 3.49. The van der Waals surface area contributed by atoms with E-state index >= 15 is 0 Å². The Kier molecular flexibility index (Phi) is 3.27. The van der Waals surface area contributed by atoms with Crippen LogP contribution in [-0.4, -0.2) is 0 Å². The van der Waals surface area contributed by atoms with Crippen molar-refractivity contribution in [3.8, 4) is 11.1 Å². The number of furan rings is 1. The Balaban J connectivity index is 2.14. The zero-order chi connectivity index (χ0) is 14.4. The van der Waals surface area contributed by atoms with E-state index in [4.69, 9.17) is 4.42 Å². The molecule has 0 saturated heterocycles.